The molecule has 0 spiro atoms. The first-order valence-corrected chi connectivity index (χ1v) is 8.79. The zero-order valence-electron chi connectivity index (χ0n) is 13.3. The Morgan fingerprint density at radius 1 is 1.19 bits per heavy atom. The fourth-order valence-corrected chi connectivity index (χ4v) is 3.55. The van der Waals surface area contributed by atoms with Crippen molar-refractivity contribution in [2.24, 2.45) is 5.92 Å². The van der Waals surface area contributed by atoms with Gasteiger partial charge in [0.05, 0.1) is 11.6 Å². The summed E-state index contributed by atoms with van der Waals surface area (Å²) >= 11 is 6.26. The summed E-state index contributed by atoms with van der Waals surface area (Å²) < 4.78 is 5.48. The topological polar surface area (TPSA) is 21.3 Å². The normalized spacial score (nSPS) is 22.6. The molecule has 1 aromatic rings. The largest absolute Gasteiger partial charge is 0.492 e. The Kier molecular flexibility index (Phi) is 6.69. The summed E-state index contributed by atoms with van der Waals surface area (Å²) in [7, 11) is 0. The van der Waals surface area contributed by atoms with Crippen LogP contribution >= 0.6 is 11.6 Å². The van der Waals surface area contributed by atoms with E-state index in [2.05, 4.69) is 18.3 Å². The molecule has 0 heterocycles. The summed E-state index contributed by atoms with van der Waals surface area (Å²) in [5, 5.41) is 4.35. The van der Waals surface area contributed by atoms with E-state index in [4.69, 9.17) is 16.3 Å². The molecule has 0 bridgehead atoms. The van der Waals surface area contributed by atoms with E-state index in [-0.39, 0.29) is 0 Å². The van der Waals surface area contributed by atoms with Crippen LogP contribution in [0.25, 0.3) is 0 Å². The fourth-order valence-electron chi connectivity index (χ4n) is 3.32. The Labute approximate surface area is 134 Å². The van der Waals surface area contributed by atoms with Gasteiger partial charge < -0.3 is 10.1 Å². The lowest BCUT2D eigenvalue weighted by Crippen LogP contribution is -2.18. The van der Waals surface area contributed by atoms with Crippen LogP contribution in [0.3, 0.4) is 0 Å². The van der Waals surface area contributed by atoms with E-state index in [9.17, 15) is 0 Å². The minimum atomic E-state index is 0.584. The minimum absolute atomic E-state index is 0.584. The van der Waals surface area contributed by atoms with E-state index < -0.39 is 0 Å². The second kappa shape index (κ2) is 8.53. The second-order valence-electron chi connectivity index (χ2n) is 6.08. The molecule has 0 radical (unpaired) electrons. The number of hydrogen-bond acceptors (Lipinski definition) is 2. The van der Waals surface area contributed by atoms with Crippen molar-refractivity contribution in [2.45, 2.75) is 64.8 Å². The molecule has 2 rings (SSSR count). The number of benzene rings is 1. The number of hydrogen-bond donors (Lipinski definition) is 1. The van der Waals surface area contributed by atoms with Gasteiger partial charge >= 0.3 is 0 Å². The van der Waals surface area contributed by atoms with Crippen molar-refractivity contribution in [1.29, 1.82) is 0 Å². The second-order valence-corrected chi connectivity index (χ2v) is 6.49. The van der Waals surface area contributed by atoms with Crippen LogP contribution in [0.5, 0.6) is 5.75 Å². The molecule has 3 heteroatoms. The van der Waals surface area contributed by atoms with E-state index in [0.717, 1.165) is 17.4 Å². The van der Waals surface area contributed by atoms with Crippen LogP contribution in [0, 0.1) is 5.92 Å². The molecule has 1 N–H and O–H groups in total. The number of rotatable bonds is 6. The first-order valence-electron chi connectivity index (χ1n) is 8.41. The molecule has 1 aliphatic rings. The van der Waals surface area contributed by atoms with E-state index in [1.807, 2.05) is 19.1 Å². The quantitative estimate of drug-likeness (QED) is 0.660. The molecule has 0 aliphatic heterocycles. The molecule has 1 aromatic carbocycles. The van der Waals surface area contributed by atoms with E-state index in [1.54, 1.807) is 0 Å². The predicted octanol–water partition coefficient (Wildman–Crippen LogP) is 5.90. The average molecular weight is 310 g/mol. The molecule has 0 amide bonds. The Bertz CT molecular complexity index is 435. The molecule has 0 aromatic heterocycles. The van der Waals surface area contributed by atoms with Crippen molar-refractivity contribution in [1.82, 2.24) is 0 Å². The average Bonchev–Trinajstić information content (AvgIpc) is 2.68. The molecule has 1 aliphatic carbocycles. The van der Waals surface area contributed by atoms with Crippen LogP contribution in [0.2, 0.25) is 5.02 Å². The molecular formula is C18H28ClNO. The number of halogens is 1. The van der Waals surface area contributed by atoms with E-state index >= 15 is 0 Å². The smallest absolute Gasteiger partial charge is 0.138 e. The number of ether oxygens (including phenoxy) is 1. The highest BCUT2D eigenvalue weighted by Gasteiger charge is 2.18. The molecule has 1 saturated carbocycles. The Morgan fingerprint density at radius 3 is 2.76 bits per heavy atom. The Morgan fingerprint density at radius 2 is 2.05 bits per heavy atom. The summed E-state index contributed by atoms with van der Waals surface area (Å²) in [5.41, 5.74) is 1.11. The van der Waals surface area contributed by atoms with Crippen LogP contribution < -0.4 is 10.1 Å². The zero-order valence-corrected chi connectivity index (χ0v) is 14.1. The molecule has 0 saturated heterocycles. The van der Waals surface area contributed by atoms with Gasteiger partial charge in [0.2, 0.25) is 0 Å². The summed E-state index contributed by atoms with van der Waals surface area (Å²) in [5.74, 6) is 1.71. The minimum Gasteiger partial charge on any atom is -0.492 e. The SMILES string of the molecule is CCCC1CCCC(Nc2ccc(OCC)c(Cl)c2)CC1. The third kappa shape index (κ3) is 5.10. The monoisotopic (exact) mass is 309 g/mol. The lowest BCUT2D eigenvalue weighted by molar-refractivity contribution is 0.340. The van der Waals surface area contributed by atoms with E-state index in [0.29, 0.717) is 17.7 Å². The van der Waals surface area contributed by atoms with Gasteiger partial charge in [0.1, 0.15) is 5.75 Å². The van der Waals surface area contributed by atoms with Crippen LogP contribution in [-0.2, 0) is 0 Å². The maximum absolute atomic E-state index is 6.26. The fraction of sp³-hybridized carbons (Fsp3) is 0.667. The Balaban J connectivity index is 1.90. The van der Waals surface area contributed by atoms with Crippen LogP contribution in [0.4, 0.5) is 5.69 Å². The van der Waals surface area contributed by atoms with Gasteiger partial charge in [0.25, 0.3) is 0 Å². The van der Waals surface area contributed by atoms with E-state index in [1.165, 1.54) is 44.9 Å². The maximum Gasteiger partial charge on any atom is 0.138 e. The highest BCUT2D eigenvalue weighted by atomic mass is 35.5. The molecule has 1 fully saturated rings. The molecule has 2 nitrogen and oxygen atoms in total. The first kappa shape index (κ1) is 16.5. The number of anilines is 1. The predicted molar refractivity (Wildman–Crippen MR) is 91.5 cm³/mol. The van der Waals surface area contributed by atoms with Gasteiger partial charge in [0, 0.05) is 11.7 Å². The van der Waals surface area contributed by atoms with Crippen molar-refractivity contribution in [3.63, 3.8) is 0 Å². The van der Waals surface area contributed by atoms with Crippen molar-refractivity contribution in [2.75, 3.05) is 11.9 Å². The highest BCUT2D eigenvalue weighted by molar-refractivity contribution is 6.32. The molecule has 2 atom stereocenters. The summed E-state index contributed by atoms with van der Waals surface area (Å²) in [6.45, 7) is 4.91. The van der Waals surface area contributed by atoms with Gasteiger partial charge in [-0.25, -0.2) is 0 Å². The van der Waals surface area contributed by atoms with Gasteiger partial charge in [0.15, 0.2) is 0 Å². The number of nitrogens with one attached hydrogen (secondary N) is 1. The molecule has 21 heavy (non-hydrogen) atoms. The van der Waals surface area contributed by atoms with Crippen molar-refractivity contribution >= 4 is 17.3 Å². The molecular weight excluding hydrogens is 282 g/mol. The Hall–Kier alpha value is -0.890. The van der Waals surface area contributed by atoms with Gasteiger partial charge in [-0.2, -0.15) is 0 Å². The zero-order chi connectivity index (χ0) is 15.1. The van der Waals surface area contributed by atoms with Gasteiger partial charge in [-0.3, -0.25) is 0 Å². The van der Waals surface area contributed by atoms with Crippen LogP contribution in [0.15, 0.2) is 18.2 Å². The van der Waals surface area contributed by atoms with Gasteiger partial charge in [-0.15, -0.1) is 0 Å². The van der Waals surface area contributed by atoms with Crippen molar-refractivity contribution < 1.29 is 4.74 Å². The highest BCUT2D eigenvalue weighted by Crippen LogP contribution is 2.31. The lowest BCUT2D eigenvalue weighted by Gasteiger charge is -2.19. The summed E-state index contributed by atoms with van der Waals surface area (Å²) in [6, 6.07) is 6.61. The first-order chi connectivity index (χ1) is 10.2. The van der Waals surface area contributed by atoms with Crippen LogP contribution in [-0.4, -0.2) is 12.6 Å². The van der Waals surface area contributed by atoms with Gasteiger partial charge in [-0.1, -0.05) is 44.2 Å². The summed E-state index contributed by atoms with van der Waals surface area (Å²) in [4.78, 5) is 0. The third-order valence-electron chi connectivity index (χ3n) is 4.39. The standard InChI is InChI=1S/C18H28ClNO/c1-3-6-14-7-5-8-15(10-9-14)20-16-11-12-18(21-4-2)17(19)13-16/h11-15,20H,3-10H2,1-2H3. The maximum atomic E-state index is 6.26. The van der Waals surface area contributed by atoms with Crippen molar-refractivity contribution in [3.05, 3.63) is 23.2 Å². The van der Waals surface area contributed by atoms with Crippen LogP contribution in [0.1, 0.15) is 58.8 Å². The summed E-state index contributed by atoms with van der Waals surface area (Å²) in [6.07, 6.45) is 9.35. The van der Waals surface area contributed by atoms with Gasteiger partial charge in [-0.05, 0) is 50.3 Å². The molecule has 118 valence electrons. The third-order valence-corrected chi connectivity index (χ3v) is 4.68. The molecule has 2 unspecified atom stereocenters. The van der Waals surface area contributed by atoms with Crippen molar-refractivity contribution in [3.8, 4) is 5.75 Å². The lowest BCUT2D eigenvalue weighted by atomic mass is 9.95.